The molecule has 0 aliphatic heterocycles. The predicted octanol–water partition coefficient (Wildman–Crippen LogP) is -0.948. The zero-order valence-electron chi connectivity index (χ0n) is 9.60. The molecule has 0 radical (unpaired) electrons. The Morgan fingerprint density at radius 1 is 1.50 bits per heavy atom. The Kier molecular flexibility index (Phi) is 6.83. The summed E-state index contributed by atoms with van der Waals surface area (Å²) in [5, 5.41) is 0. The molecule has 0 amide bonds. The van der Waals surface area contributed by atoms with Crippen LogP contribution in [0, 0.1) is 0 Å². The van der Waals surface area contributed by atoms with Gasteiger partial charge < -0.3 is 10.5 Å². The van der Waals surface area contributed by atoms with Crippen molar-refractivity contribution in [3.63, 3.8) is 0 Å². The number of hydrogen-bond donors (Lipinski definition) is 1. The van der Waals surface area contributed by atoms with Crippen LogP contribution in [0.5, 0.6) is 0 Å². The summed E-state index contributed by atoms with van der Waals surface area (Å²) in [5.41, 5.74) is 3.62. The maximum absolute atomic E-state index is 11.5. The summed E-state index contributed by atoms with van der Waals surface area (Å²) in [4.78, 5) is 22.0. The quantitative estimate of drug-likeness (QED) is 0.465. The highest BCUT2D eigenvalue weighted by molar-refractivity contribution is 7.85. The molecule has 5 nitrogen and oxygen atoms in total. The summed E-state index contributed by atoms with van der Waals surface area (Å²) in [5.74, 6) is -0.279. The number of esters is 1. The maximum Gasteiger partial charge on any atom is 0.303 e. The van der Waals surface area contributed by atoms with Crippen molar-refractivity contribution in [1.82, 2.24) is 0 Å². The Bertz CT molecular complexity index is 303. The van der Waals surface area contributed by atoms with E-state index in [-0.39, 0.29) is 11.5 Å². The molecule has 0 aliphatic carbocycles. The molecule has 0 aromatic carbocycles. The second kappa shape index (κ2) is 7.29. The third-order valence-corrected chi connectivity index (χ3v) is 3.25. The van der Waals surface area contributed by atoms with Crippen LogP contribution in [0.1, 0.15) is 13.8 Å². The molecule has 0 heterocycles. The van der Waals surface area contributed by atoms with E-state index >= 15 is 0 Å². The molecule has 16 heavy (non-hydrogen) atoms. The molecule has 0 bridgehead atoms. The first-order chi connectivity index (χ1) is 7.38. The predicted molar refractivity (Wildman–Crippen MR) is 61.0 cm³/mol. The van der Waals surface area contributed by atoms with E-state index in [1.807, 2.05) is 0 Å². The average molecular weight is 248 g/mol. The highest BCUT2D eigenvalue weighted by Gasteiger charge is 2.29. The van der Waals surface area contributed by atoms with Crippen molar-refractivity contribution in [2.24, 2.45) is 0 Å². The van der Waals surface area contributed by atoms with Crippen molar-refractivity contribution in [2.45, 2.75) is 26.0 Å². The van der Waals surface area contributed by atoms with Crippen molar-refractivity contribution in [2.75, 3.05) is 11.5 Å². The van der Waals surface area contributed by atoms with Gasteiger partial charge in [-0.05, 0) is 0 Å². The maximum atomic E-state index is 11.5. The van der Waals surface area contributed by atoms with E-state index in [4.69, 9.17) is 4.74 Å². The summed E-state index contributed by atoms with van der Waals surface area (Å²) in [6, 6.07) is -0.683. The minimum Gasteiger partial charge on any atom is -0.455 e. The minimum atomic E-state index is -1.19. The third kappa shape index (κ3) is 5.77. The summed E-state index contributed by atoms with van der Waals surface area (Å²) in [6.07, 6.45) is 0.795. The molecule has 0 aliphatic rings. The van der Waals surface area contributed by atoms with Crippen LogP contribution < -0.4 is 5.73 Å². The fourth-order valence-corrected chi connectivity index (χ4v) is 2.16. The van der Waals surface area contributed by atoms with Crippen LogP contribution in [0.3, 0.4) is 0 Å². The molecule has 92 valence electrons. The standard InChI is InChI=1S/C10H17NO4S/c1-4-5-16(14)6-9(15-8(3)13)10(11)7(2)12/h4,9-10H,1,5-6,11H2,2-3H3/p+1. The van der Waals surface area contributed by atoms with Gasteiger partial charge in [-0.15, -0.1) is 6.58 Å². The van der Waals surface area contributed by atoms with Crippen molar-refractivity contribution >= 4 is 22.6 Å². The van der Waals surface area contributed by atoms with Gasteiger partial charge in [0.05, 0.1) is 5.75 Å². The third-order valence-electron chi connectivity index (χ3n) is 1.94. The van der Waals surface area contributed by atoms with Crippen molar-refractivity contribution in [3.8, 4) is 0 Å². The first-order valence-corrected chi connectivity index (χ1v) is 6.34. The number of ketones is 1. The molecule has 0 rings (SSSR count). The molecule has 3 N–H and O–H groups in total. The lowest BCUT2D eigenvalue weighted by Crippen LogP contribution is -2.71. The van der Waals surface area contributed by atoms with E-state index in [0.29, 0.717) is 5.75 Å². The van der Waals surface area contributed by atoms with Gasteiger partial charge in [0.1, 0.15) is 0 Å². The van der Waals surface area contributed by atoms with E-state index < -0.39 is 28.9 Å². The van der Waals surface area contributed by atoms with Gasteiger partial charge >= 0.3 is 5.97 Å². The van der Waals surface area contributed by atoms with Crippen LogP contribution in [0.4, 0.5) is 0 Å². The number of ether oxygens (including phenoxy) is 1. The SMILES string of the molecule is C=CCS(=O)CC(OC(C)=O)C([NH3+])C(C)=O. The lowest BCUT2D eigenvalue weighted by Gasteiger charge is -2.18. The van der Waals surface area contributed by atoms with Gasteiger partial charge in [0.25, 0.3) is 0 Å². The normalized spacial score (nSPS) is 15.9. The van der Waals surface area contributed by atoms with E-state index in [2.05, 4.69) is 12.3 Å². The number of carbonyl (C=O) groups is 2. The zero-order valence-corrected chi connectivity index (χ0v) is 10.4. The Balaban J connectivity index is 4.53. The Hall–Kier alpha value is -1.01. The molecule has 0 fully saturated rings. The van der Waals surface area contributed by atoms with Crippen molar-refractivity contribution < 1.29 is 24.3 Å². The number of quaternary nitrogens is 1. The van der Waals surface area contributed by atoms with E-state index in [1.165, 1.54) is 19.9 Å². The van der Waals surface area contributed by atoms with Gasteiger partial charge in [-0.25, -0.2) is 0 Å². The molecule has 3 unspecified atom stereocenters. The van der Waals surface area contributed by atoms with Gasteiger partial charge in [0, 0.05) is 30.4 Å². The van der Waals surface area contributed by atoms with Gasteiger partial charge in [0.15, 0.2) is 17.9 Å². The van der Waals surface area contributed by atoms with Gasteiger partial charge in [0.2, 0.25) is 0 Å². The number of Topliss-reactive ketones (excluding diaryl/α,β-unsaturated/α-hetero) is 1. The van der Waals surface area contributed by atoms with Gasteiger partial charge in [-0.1, -0.05) is 6.08 Å². The molecule has 0 saturated carbocycles. The molecular weight excluding hydrogens is 230 g/mol. The fraction of sp³-hybridized carbons (Fsp3) is 0.600. The highest BCUT2D eigenvalue weighted by Crippen LogP contribution is 2.02. The average Bonchev–Trinajstić information content (AvgIpc) is 2.15. The Morgan fingerprint density at radius 3 is 2.44 bits per heavy atom. The number of carbonyl (C=O) groups excluding carboxylic acids is 2. The molecular formula is C10H18NO4S+. The number of rotatable bonds is 7. The Labute approximate surface area is 97.5 Å². The molecule has 0 aromatic rings. The van der Waals surface area contributed by atoms with Crippen molar-refractivity contribution in [1.29, 1.82) is 0 Å². The van der Waals surface area contributed by atoms with Crippen LogP contribution in [0.15, 0.2) is 12.7 Å². The van der Waals surface area contributed by atoms with Crippen LogP contribution in [-0.2, 0) is 25.1 Å². The second-order valence-electron chi connectivity index (χ2n) is 3.43. The van der Waals surface area contributed by atoms with E-state index in [1.54, 1.807) is 0 Å². The van der Waals surface area contributed by atoms with Gasteiger partial charge in [-0.2, -0.15) is 0 Å². The largest absolute Gasteiger partial charge is 0.455 e. The molecule has 0 aromatic heterocycles. The summed E-state index contributed by atoms with van der Waals surface area (Å²) in [7, 11) is -1.19. The molecule has 3 atom stereocenters. The van der Waals surface area contributed by atoms with Crippen LogP contribution in [0.25, 0.3) is 0 Å². The Morgan fingerprint density at radius 2 is 2.06 bits per heavy atom. The minimum absolute atomic E-state index is 0.110. The fourth-order valence-electron chi connectivity index (χ4n) is 1.09. The lowest BCUT2D eigenvalue weighted by atomic mass is 10.1. The summed E-state index contributed by atoms with van der Waals surface area (Å²) < 4.78 is 16.4. The molecule has 0 saturated heterocycles. The summed E-state index contributed by atoms with van der Waals surface area (Å²) >= 11 is 0. The summed E-state index contributed by atoms with van der Waals surface area (Å²) in [6.45, 7) is 6.08. The second-order valence-corrected chi connectivity index (χ2v) is 4.97. The first-order valence-electron chi connectivity index (χ1n) is 4.85. The van der Waals surface area contributed by atoms with Crippen LogP contribution >= 0.6 is 0 Å². The van der Waals surface area contributed by atoms with Crippen LogP contribution in [-0.4, -0.2) is 39.6 Å². The zero-order chi connectivity index (χ0) is 12.7. The molecule has 6 heteroatoms. The van der Waals surface area contributed by atoms with Crippen molar-refractivity contribution in [3.05, 3.63) is 12.7 Å². The smallest absolute Gasteiger partial charge is 0.303 e. The van der Waals surface area contributed by atoms with E-state index in [0.717, 1.165) is 0 Å². The van der Waals surface area contributed by atoms with E-state index in [9.17, 15) is 13.8 Å². The van der Waals surface area contributed by atoms with Gasteiger partial charge in [-0.3, -0.25) is 13.8 Å². The highest BCUT2D eigenvalue weighted by atomic mass is 32.2. The van der Waals surface area contributed by atoms with Crippen LogP contribution in [0.2, 0.25) is 0 Å². The monoisotopic (exact) mass is 248 g/mol. The lowest BCUT2D eigenvalue weighted by molar-refractivity contribution is -0.417. The topological polar surface area (TPSA) is 88.1 Å². The number of hydrogen-bond acceptors (Lipinski definition) is 4. The first kappa shape index (κ1) is 15.0. The molecule has 0 spiro atoms.